The van der Waals surface area contributed by atoms with Gasteiger partial charge < -0.3 is 10.1 Å². The normalized spacial score (nSPS) is 22.0. The second-order valence-electron chi connectivity index (χ2n) is 8.35. The van der Waals surface area contributed by atoms with Gasteiger partial charge in [0.2, 0.25) is 10.0 Å². The maximum absolute atomic E-state index is 12.7. The number of sulfonamides is 1. The number of carbonyl (C=O) groups excluding carboxylic acids is 1. The maximum atomic E-state index is 12.7. The van der Waals surface area contributed by atoms with Crippen molar-refractivity contribution in [2.24, 2.45) is 5.92 Å². The van der Waals surface area contributed by atoms with Crippen molar-refractivity contribution in [1.29, 1.82) is 0 Å². The lowest BCUT2D eigenvalue weighted by molar-refractivity contribution is -0.0295. The lowest BCUT2D eigenvalue weighted by atomic mass is 10.1. The van der Waals surface area contributed by atoms with Crippen LogP contribution in [0, 0.1) is 5.92 Å². The third kappa shape index (κ3) is 6.01. The lowest BCUT2D eigenvalue weighted by Gasteiger charge is -2.33. The van der Waals surface area contributed by atoms with Crippen molar-refractivity contribution < 1.29 is 17.9 Å². The van der Waals surface area contributed by atoms with Crippen molar-refractivity contribution in [3.63, 3.8) is 0 Å². The molecule has 1 amide bonds. The molecule has 0 aliphatic carbocycles. The summed E-state index contributed by atoms with van der Waals surface area (Å²) < 4.78 is 32.7. The van der Waals surface area contributed by atoms with E-state index in [1.165, 1.54) is 16.4 Å². The molecule has 2 fully saturated rings. The highest BCUT2D eigenvalue weighted by Gasteiger charge is 2.26. The maximum Gasteiger partial charge on any atom is 0.251 e. The summed E-state index contributed by atoms with van der Waals surface area (Å²) in [5, 5.41) is 2.91. The molecule has 0 bridgehead atoms. The highest BCUT2D eigenvalue weighted by molar-refractivity contribution is 7.89. The van der Waals surface area contributed by atoms with Crippen LogP contribution in [0.2, 0.25) is 0 Å². The van der Waals surface area contributed by atoms with Crippen molar-refractivity contribution in [3.8, 4) is 0 Å². The SMILES string of the molecule is CC(C)CN1CCO[C@@H](CNC(=O)c2ccc(S(=O)(=O)N3CCCCC3)cc2)C1. The minimum Gasteiger partial charge on any atom is -0.374 e. The average molecular weight is 424 g/mol. The third-order valence-electron chi connectivity index (χ3n) is 5.41. The Morgan fingerprint density at radius 3 is 2.48 bits per heavy atom. The van der Waals surface area contributed by atoms with Gasteiger partial charge in [-0.2, -0.15) is 4.31 Å². The Morgan fingerprint density at radius 1 is 1.14 bits per heavy atom. The molecule has 0 saturated carbocycles. The molecule has 2 heterocycles. The molecular formula is C21H33N3O4S. The standard InChI is InChI=1S/C21H33N3O4S/c1-17(2)15-23-12-13-28-19(16-23)14-22-21(25)18-6-8-20(9-7-18)29(26,27)24-10-4-3-5-11-24/h6-9,17,19H,3-5,10-16H2,1-2H3,(H,22,25)/t19-/m0/s1. The zero-order valence-electron chi connectivity index (χ0n) is 17.5. The molecule has 3 rings (SSSR count). The van der Waals surface area contributed by atoms with E-state index in [9.17, 15) is 13.2 Å². The number of ether oxygens (including phenoxy) is 1. The van der Waals surface area contributed by atoms with E-state index >= 15 is 0 Å². The van der Waals surface area contributed by atoms with Gasteiger partial charge >= 0.3 is 0 Å². The molecule has 2 saturated heterocycles. The highest BCUT2D eigenvalue weighted by Crippen LogP contribution is 2.21. The van der Waals surface area contributed by atoms with Crippen LogP contribution >= 0.6 is 0 Å². The molecule has 8 heteroatoms. The van der Waals surface area contributed by atoms with Crippen LogP contribution in [0.25, 0.3) is 0 Å². The number of nitrogens with one attached hydrogen (secondary N) is 1. The van der Waals surface area contributed by atoms with Crippen LogP contribution in [-0.2, 0) is 14.8 Å². The van der Waals surface area contributed by atoms with Crippen molar-refractivity contribution in [3.05, 3.63) is 29.8 Å². The molecule has 162 valence electrons. The minimum absolute atomic E-state index is 0.0230. The summed E-state index contributed by atoms with van der Waals surface area (Å²) in [6, 6.07) is 6.22. The average Bonchev–Trinajstić information content (AvgIpc) is 2.72. The number of piperidine rings is 1. The fourth-order valence-electron chi connectivity index (χ4n) is 3.93. The number of rotatable bonds is 7. The van der Waals surface area contributed by atoms with Crippen molar-refractivity contribution in [2.45, 2.75) is 44.1 Å². The summed E-state index contributed by atoms with van der Waals surface area (Å²) in [4.78, 5) is 15.1. The van der Waals surface area contributed by atoms with Crippen LogP contribution in [0.15, 0.2) is 29.2 Å². The van der Waals surface area contributed by atoms with E-state index < -0.39 is 10.0 Å². The second kappa shape index (κ2) is 10.0. The number of hydrogen-bond donors (Lipinski definition) is 1. The molecule has 1 aromatic rings. The number of amides is 1. The molecule has 2 aliphatic heterocycles. The van der Waals surface area contributed by atoms with Crippen LogP contribution in [0.5, 0.6) is 0 Å². The zero-order valence-corrected chi connectivity index (χ0v) is 18.3. The lowest BCUT2D eigenvalue weighted by Crippen LogP contribution is -2.48. The monoisotopic (exact) mass is 423 g/mol. The van der Waals surface area contributed by atoms with Crippen molar-refractivity contribution >= 4 is 15.9 Å². The second-order valence-corrected chi connectivity index (χ2v) is 10.3. The van der Waals surface area contributed by atoms with Crippen LogP contribution in [-0.4, -0.2) is 75.5 Å². The van der Waals surface area contributed by atoms with Crippen LogP contribution in [0.1, 0.15) is 43.5 Å². The molecule has 0 radical (unpaired) electrons. The van der Waals surface area contributed by atoms with Gasteiger partial charge in [-0.05, 0) is 43.0 Å². The molecular weight excluding hydrogens is 390 g/mol. The predicted octanol–water partition coefficient (Wildman–Crippen LogP) is 1.95. The van der Waals surface area contributed by atoms with Gasteiger partial charge in [0, 0.05) is 44.8 Å². The van der Waals surface area contributed by atoms with Gasteiger partial charge in [0.05, 0.1) is 17.6 Å². The molecule has 0 unspecified atom stereocenters. The topological polar surface area (TPSA) is 79.0 Å². The van der Waals surface area contributed by atoms with E-state index in [0.717, 1.165) is 38.9 Å². The summed E-state index contributed by atoms with van der Waals surface area (Å²) in [5.41, 5.74) is 0.456. The van der Waals surface area contributed by atoms with Gasteiger partial charge in [-0.1, -0.05) is 20.3 Å². The smallest absolute Gasteiger partial charge is 0.251 e. The quantitative estimate of drug-likeness (QED) is 0.725. The molecule has 7 nitrogen and oxygen atoms in total. The highest BCUT2D eigenvalue weighted by atomic mass is 32.2. The predicted molar refractivity (Wildman–Crippen MR) is 112 cm³/mol. The molecule has 1 N–H and O–H groups in total. The Kier molecular flexibility index (Phi) is 7.67. The molecule has 29 heavy (non-hydrogen) atoms. The first-order valence-electron chi connectivity index (χ1n) is 10.6. The number of carbonyl (C=O) groups is 1. The Labute approximate surface area is 174 Å². The summed E-state index contributed by atoms with van der Waals surface area (Å²) >= 11 is 0. The van der Waals surface area contributed by atoms with Crippen molar-refractivity contribution in [2.75, 3.05) is 45.9 Å². The van der Waals surface area contributed by atoms with E-state index in [-0.39, 0.29) is 16.9 Å². The van der Waals surface area contributed by atoms with Crippen LogP contribution in [0.3, 0.4) is 0 Å². The largest absolute Gasteiger partial charge is 0.374 e. The minimum atomic E-state index is -3.47. The number of hydrogen-bond acceptors (Lipinski definition) is 5. The summed E-state index contributed by atoms with van der Waals surface area (Å²) in [7, 11) is -3.47. The number of nitrogens with zero attached hydrogens (tertiary/aromatic N) is 2. The summed E-state index contributed by atoms with van der Waals surface area (Å²) in [5.74, 6) is 0.388. The van der Waals surface area contributed by atoms with Crippen LogP contribution in [0.4, 0.5) is 0 Å². The fourth-order valence-corrected chi connectivity index (χ4v) is 5.44. The zero-order chi connectivity index (χ0) is 20.9. The van der Waals surface area contributed by atoms with Gasteiger partial charge in [0.15, 0.2) is 0 Å². The molecule has 1 atom stereocenters. The van der Waals surface area contributed by atoms with Crippen molar-refractivity contribution in [1.82, 2.24) is 14.5 Å². The van der Waals surface area contributed by atoms with Gasteiger partial charge in [-0.3, -0.25) is 9.69 Å². The molecule has 0 spiro atoms. The van der Waals surface area contributed by atoms with E-state index in [1.807, 2.05) is 0 Å². The summed E-state index contributed by atoms with van der Waals surface area (Å²) in [6.45, 7) is 9.42. The van der Waals surface area contributed by atoms with Gasteiger partial charge in [-0.25, -0.2) is 8.42 Å². The number of morpholine rings is 1. The first-order chi connectivity index (χ1) is 13.9. The van der Waals surface area contributed by atoms with E-state index in [4.69, 9.17) is 4.74 Å². The molecule has 0 aromatic heterocycles. The third-order valence-corrected chi connectivity index (χ3v) is 7.32. The van der Waals surface area contributed by atoms with E-state index in [1.54, 1.807) is 12.1 Å². The fraction of sp³-hybridized carbons (Fsp3) is 0.667. The Morgan fingerprint density at radius 2 is 1.83 bits per heavy atom. The Hall–Kier alpha value is -1.48. The van der Waals surface area contributed by atoms with Crippen LogP contribution < -0.4 is 5.32 Å². The number of benzene rings is 1. The van der Waals surface area contributed by atoms with Gasteiger partial charge in [0.1, 0.15) is 0 Å². The first-order valence-corrected chi connectivity index (χ1v) is 12.0. The van der Waals surface area contributed by atoms with Gasteiger partial charge in [0.25, 0.3) is 5.91 Å². The summed E-state index contributed by atoms with van der Waals surface area (Å²) in [6.07, 6.45) is 2.85. The molecule has 1 aromatic carbocycles. The Bertz CT molecular complexity index is 774. The van der Waals surface area contributed by atoms with E-state index in [2.05, 4.69) is 24.1 Å². The first kappa shape index (κ1) is 22.2. The Balaban J connectivity index is 1.54. The van der Waals surface area contributed by atoms with E-state index in [0.29, 0.717) is 37.7 Å². The molecule has 2 aliphatic rings. The van der Waals surface area contributed by atoms with Gasteiger partial charge in [-0.15, -0.1) is 0 Å².